The van der Waals surface area contributed by atoms with E-state index in [1.807, 2.05) is 60.7 Å². The first kappa shape index (κ1) is 105. The minimum Gasteiger partial charge on any atom is -0.394 e. The third-order valence-corrected chi connectivity index (χ3v) is 24.8. The minimum absolute atomic E-state index is 0.0259. The average Bonchev–Trinajstić information content (AvgIpc) is 1.60. The van der Waals surface area contributed by atoms with Gasteiger partial charge in [-0.25, -0.2) is 29.9 Å². The van der Waals surface area contributed by atoms with Crippen LogP contribution in [0.5, 0.6) is 0 Å². The van der Waals surface area contributed by atoms with Crippen molar-refractivity contribution in [2.24, 2.45) is 0 Å². The van der Waals surface area contributed by atoms with E-state index < -0.39 is 112 Å². The number of halogens is 15. The lowest BCUT2D eigenvalue weighted by Gasteiger charge is -2.30. The molecule has 46 heteroatoms. The van der Waals surface area contributed by atoms with Crippen molar-refractivity contribution in [1.82, 2.24) is 29.9 Å². The number of nitrogens with zero attached hydrogens (tertiary/aromatic N) is 18. The summed E-state index contributed by atoms with van der Waals surface area (Å²) in [4.78, 5) is 103. The van der Waals surface area contributed by atoms with Gasteiger partial charge in [-0.3, -0.25) is 33.7 Å². The van der Waals surface area contributed by atoms with E-state index in [1.165, 1.54) is 79.9 Å². The van der Waals surface area contributed by atoms with Gasteiger partial charge in [0.15, 0.2) is 24.4 Å². The van der Waals surface area contributed by atoms with Crippen LogP contribution in [-0.4, -0.2) is 205 Å². The van der Waals surface area contributed by atoms with Crippen molar-refractivity contribution in [3.8, 4) is 36.4 Å². The van der Waals surface area contributed by atoms with Gasteiger partial charge in [-0.2, -0.15) is 97.4 Å². The number of hydrogen-bond acceptors (Lipinski definition) is 24. The molecule has 12 aromatic rings. The summed E-state index contributed by atoms with van der Waals surface area (Å²) in [6, 6.07) is 45.5. The lowest BCUT2D eigenvalue weighted by Crippen LogP contribution is -2.48. The van der Waals surface area contributed by atoms with Crippen LogP contribution in [-0.2, 0) is 33.5 Å². The van der Waals surface area contributed by atoms with Crippen molar-refractivity contribution in [2.75, 3.05) is 43.1 Å². The molecular formula is C96H79F15N18O12Si. The largest absolute Gasteiger partial charge is 0.416 e. The van der Waals surface area contributed by atoms with Crippen molar-refractivity contribution in [3.63, 3.8) is 0 Å². The number of hydrogen-bond donors (Lipinski definition) is 5. The molecule has 6 amide bonds. The van der Waals surface area contributed by atoms with E-state index in [9.17, 15) is 120 Å². The number of benzene rings is 6. The highest BCUT2D eigenvalue weighted by atomic mass is 28.2. The third kappa shape index (κ3) is 23.6. The van der Waals surface area contributed by atoms with Crippen LogP contribution in [0.4, 0.5) is 100.0 Å². The smallest absolute Gasteiger partial charge is 0.394 e. The first-order valence-electron chi connectivity index (χ1n) is 43.2. The number of alkyl halides is 15. The van der Waals surface area contributed by atoms with E-state index in [1.54, 1.807) is 90.0 Å². The van der Waals surface area contributed by atoms with Crippen LogP contribution in [0, 0.1) is 68.0 Å². The summed E-state index contributed by atoms with van der Waals surface area (Å²) >= 11 is 0. The van der Waals surface area contributed by atoms with Crippen LogP contribution in [0.1, 0.15) is 111 Å². The zero-order chi connectivity index (χ0) is 103. The Bertz CT molecular complexity index is 6390. The maximum atomic E-state index is 12.8. The maximum Gasteiger partial charge on any atom is 0.416 e. The van der Waals surface area contributed by atoms with Crippen LogP contribution in [0.25, 0.3) is 64.6 Å². The Labute approximate surface area is 797 Å². The summed E-state index contributed by atoms with van der Waals surface area (Å²) < 4.78 is 192. The van der Waals surface area contributed by atoms with E-state index in [2.05, 4.69) is 42.0 Å². The Kier molecular flexibility index (Phi) is 32.9. The van der Waals surface area contributed by atoms with E-state index in [0.29, 0.717) is 80.2 Å². The second-order valence-electron chi connectivity index (χ2n) is 32.6. The number of fused-ring (bicyclic) bond motifs is 6. The van der Waals surface area contributed by atoms with Crippen molar-refractivity contribution in [2.45, 2.75) is 175 Å². The lowest BCUT2D eigenvalue weighted by molar-refractivity contribution is -0.209. The van der Waals surface area contributed by atoms with Crippen molar-refractivity contribution in [3.05, 3.63) is 217 Å². The third-order valence-electron chi connectivity index (χ3n) is 24.0. The Hall–Kier alpha value is -15.5. The topological polar surface area (TPSA) is 452 Å². The second kappa shape index (κ2) is 44.3. The molecule has 734 valence electrons. The highest BCUT2D eigenvalue weighted by Crippen LogP contribution is 2.43. The van der Waals surface area contributed by atoms with Gasteiger partial charge in [-0.05, 0) is 210 Å². The number of methoxy groups -OCH3 is 1. The fraction of sp³-hybridized carbons (Fsp3) is 0.312. The summed E-state index contributed by atoms with van der Waals surface area (Å²) in [5.41, 5.74) is 4.12. The van der Waals surface area contributed by atoms with E-state index in [4.69, 9.17) is 36.3 Å². The summed E-state index contributed by atoms with van der Waals surface area (Å²) in [6.07, 6.45) is -19.2. The number of pyridine rings is 6. The van der Waals surface area contributed by atoms with Gasteiger partial charge < -0.3 is 54.8 Å². The molecule has 6 fully saturated rings. The van der Waals surface area contributed by atoms with Gasteiger partial charge in [0.05, 0.1) is 36.8 Å². The molecule has 6 aromatic carbocycles. The van der Waals surface area contributed by atoms with Gasteiger partial charge >= 0.3 is 30.5 Å². The van der Waals surface area contributed by atoms with Crippen LogP contribution in [0.15, 0.2) is 183 Å². The van der Waals surface area contributed by atoms with Crippen LogP contribution in [0.2, 0.25) is 6.55 Å². The Morgan fingerprint density at radius 1 is 0.324 bits per heavy atom. The molecule has 0 aliphatic carbocycles. The summed E-state index contributed by atoms with van der Waals surface area (Å²) in [7, 11) is -0.142. The summed E-state index contributed by atoms with van der Waals surface area (Å²) in [5, 5.41) is 110. The molecule has 0 unspecified atom stereocenters. The molecule has 6 aromatic heterocycles. The molecule has 30 nitrogen and oxygen atoms in total. The van der Waals surface area contributed by atoms with Crippen LogP contribution in [0.3, 0.4) is 0 Å². The molecule has 6 aliphatic heterocycles. The zero-order valence-electron chi connectivity index (χ0n) is 74.3. The minimum atomic E-state index is -4.80. The predicted molar refractivity (Wildman–Crippen MR) is 485 cm³/mol. The summed E-state index contributed by atoms with van der Waals surface area (Å²) in [5.74, 6) is -5.63. The van der Waals surface area contributed by atoms with Crippen LogP contribution >= 0.6 is 0 Å². The molecule has 0 spiro atoms. The quantitative estimate of drug-likeness (QED) is 0.0560. The molecule has 10 atom stereocenters. The standard InChI is InChI=1S/4C16H12F3N3O2.2C15H13N3O2.C2H5F3Si/c4*17-16(18,19)15(24)13-3-4-14(23)22(13)10-1-2-11-9(7-10)5-6-21-12(11)8-20;1-20-15-5-4-14(19)18(15)11-2-3-12-10(8-11)6-7-17-13(12)9-16;16-8-14-13-3-1-11(7-10(13)5-6-17-14)18-12(9-19)2-4-15(18)20;1-6-2(3,4)5/h4*1-2,5-7,13,15,24H,3-4H2;2-3,6-8,15H,4-5H2,1H3;1,3,5-7,12,19H,2,4,9H2;6H2,1H3/t2*13-,15+;2*13-,15-;15-;12-;/m101010./s1. The van der Waals surface area contributed by atoms with E-state index in [-0.39, 0.29) is 128 Å². The first-order chi connectivity index (χ1) is 67.3. The van der Waals surface area contributed by atoms with Crippen molar-refractivity contribution >= 4 is 144 Å². The number of ether oxygens (including phenoxy) is 1. The molecule has 12 heterocycles. The fourth-order valence-corrected chi connectivity index (χ4v) is 17.1. The molecule has 6 saturated heterocycles. The number of aliphatic hydroxyl groups excluding tert-OH is 5. The highest BCUT2D eigenvalue weighted by molar-refractivity contribution is 6.36. The molecule has 0 bridgehead atoms. The van der Waals surface area contributed by atoms with Crippen LogP contribution < -0.4 is 29.4 Å². The Morgan fingerprint density at radius 2 is 0.514 bits per heavy atom. The molecular weight excluding hydrogens is 1910 g/mol. The number of nitriles is 6. The van der Waals surface area contributed by atoms with Gasteiger partial charge in [-0.1, -0.05) is 6.55 Å². The van der Waals surface area contributed by atoms with Gasteiger partial charge in [0.1, 0.15) is 86.3 Å². The molecule has 18 rings (SSSR count). The number of carbonyl (C=O) groups is 6. The predicted octanol–water partition coefficient (Wildman–Crippen LogP) is 14.6. The Balaban J connectivity index is 0.000000151. The van der Waals surface area contributed by atoms with Gasteiger partial charge in [-0.15, -0.1) is 0 Å². The molecule has 6 aliphatic rings. The number of anilines is 6. The zero-order valence-corrected chi connectivity index (χ0v) is 75.7. The SMILES string of the molecule is CO[C@@H]1CCC(=O)N1c1ccc2c(C#N)nccc2c1.C[SiH2]C(F)(F)F.N#Cc1nccc2cc(N3C(=O)CC[C@@H]3[C@@H](O)C(F)(F)F)ccc12.N#Cc1nccc2cc(N3C(=O)CC[C@@H]3[C@H](O)C(F)(F)F)ccc12.N#Cc1nccc2cc(N3C(=O)CC[C@H]3CO)ccc12.N#Cc1nccc2cc(N3C(=O)CC[C@H]3[C@@H](O)C(F)(F)F)ccc12.N#Cc1nccc2cc(N3C(=O)CC[C@H]3[C@H](O)C(F)(F)F)ccc12. The number of aliphatic hydroxyl groups is 5. The number of aromatic nitrogens is 6. The average molecular weight is 1990 g/mol. The normalized spacial score (nSPS) is 19.0. The molecule has 0 saturated carbocycles. The van der Waals surface area contributed by atoms with E-state index >= 15 is 0 Å². The number of rotatable bonds is 12. The number of carbonyl (C=O) groups excluding carboxylic acids is 6. The highest BCUT2D eigenvalue weighted by Gasteiger charge is 2.54. The number of amides is 6. The molecule has 142 heavy (non-hydrogen) atoms. The van der Waals surface area contributed by atoms with Crippen molar-refractivity contribution in [1.29, 1.82) is 31.6 Å². The second-order valence-corrected chi connectivity index (χ2v) is 34.1. The van der Waals surface area contributed by atoms with E-state index in [0.717, 1.165) is 52.5 Å². The maximum absolute atomic E-state index is 12.8. The Morgan fingerprint density at radius 3 is 0.711 bits per heavy atom. The van der Waals surface area contributed by atoms with Gasteiger partial charge in [0, 0.05) is 156 Å². The monoisotopic (exact) mass is 1990 g/mol. The van der Waals surface area contributed by atoms with Gasteiger partial charge in [0.25, 0.3) is 0 Å². The molecule has 5 N–H and O–H groups in total. The lowest BCUT2D eigenvalue weighted by atomic mass is 10.1. The summed E-state index contributed by atoms with van der Waals surface area (Å²) in [6.45, 7) is 1.18. The first-order valence-corrected chi connectivity index (χ1v) is 45.3. The van der Waals surface area contributed by atoms with Crippen molar-refractivity contribution < 1.29 is 125 Å². The molecule has 0 radical (unpaired) electrons. The van der Waals surface area contributed by atoms with Gasteiger partial charge in [0.2, 0.25) is 35.4 Å². The fourth-order valence-electron chi connectivity index (χ4n) is 17.1.